The van der Waals surface area contributed by atoms with E-state index in [9.17, 15) is 14.4 Å². The fourth-order valence-electron chi connectivity index (χ4n) is 1.29. The molecule has 0 unspecified atom stereocenters. The summed E-state index contributed by atoms with van der Waals surface area (Å²) < 4.78 is 0. The van der Waals surface area contributed by atoms with Crippen LogP contribution >= 0.6 is 0 Å². The third-order valence-electron chi connectivity index (χ3n) is 2.19. The summed E-state index contributed by atoms with van der Waals surface area (Å²) in [7, 11) is 0. The molecular formula is C11H11NO6. The summed E-state index contributed by atoms with van der Waals surface area (Å²) in [6.45, 7) is -0.781. The number of aliphatic hydroxyl groups is 1. The molecule has 0 saturated heterocycles. The van der Waals surface area contributed by atoms with E-state index in [-0.39, 0.29) is 11.1 Å². The van der Waals surface area contributed by atoms with Crippen LogP contribution in [0.25, 0.3) is 0 Å². The molecule has 0 saturated carbocycles. The average Bonchev–Trinajstić information content (AvgIpc) is 2.35. The molecule has 0 spiro atoms. The number of aliphatic hydroxyl groups excluding tert-OH is 1. The first-order valence-corrected chi connectivity index (χ1v) is 4.94. The summed E-state index contributed by atoms with van der Waals surface area (Å²) in [6.07, 6.45) is 0. The number of carboxylic acids is 2. The first-order chi connectivity index (χ1) is 8.47. The second-order valence-electron chi connectivity index (χ2n) is 3.40. The Hall–Kier alpha value is -2.41. The number of aliphatic carboxylic acids is 1. The lowest BCUT2D eigenvalue weighted by Crippen LogP contribution is -2.43. The van der Waals surface area contributed by atoms with Crippen LogP contribution in [0.3, 0.4) is 0 Å². The fraction of sp³-hybridized carbons (Fsp3) is 0.182. The summed E-state index contributed by atoms with van der Waals surface area (Å²) in [5.74, 6) is -3.57. The van der Waals surface area contributed by atoms with E-state index in [1.54, 1.807) is 0 Å². The molecule has 1 amide bonds. The molecule has 0 aliphatic heterocycles. The number of nitrogens with one attached hydrogen (secondary N) is 1. The topological polar surface area (TPSA) is 124 Å². The second kappa shape index (κ2) is 5.78. The Morgan fingerprint density at radius 3 is 2.11 bits per heavy atom. The predicted octanol–water partition coefficient (Wildman–Crippen LogP) is -0.440. The molecule has 0 heterocycles. The van der Waals surface area contributed by atoms with Gasteiger partial charge in [-0.3, -0.25) is 4.79 Å². The molecule has 4 N–H and O–H groups in total. The van der Waals surface area contributed by atoms with Gasteiger partial charge in [0.1, 0.15) is 0 Å². The Morgan fingerprint density at radius 2 is 1.67 bits per heavy atom. The quantitative estimate of drug-likeness (QED) is 0.564. The average molecular weight is 253 g/mol. The highest BCUT2D eigenvalue weighted by Crippen LogP contribution is 2.08. The standard InChI is InChI=1S/C11H11NO6/c13-5-8(11(17)18)12-9(14)6-3-1-2-4-7(6)10(15)16/h1-4,8,13H,5H2,(H,12,14)(H,15,16)(H,17,18)/t8-/m0/s1. The van der Waals surface area contributed by atoms with Gasteiger partial charge in [-0.25, -0.2) is 9.59 Å². The molecule has 0 aromatic heterocycles. The van der Waals surface area contributed by atoms with Gasteiger partial charge in [-0.1, -0.05) is 12.1 Å². The van der Waals surface area contributed by atoms with Gasteiger partial charge in [0.25, 0.3) is 5.91 Å². The van der Waals surface area contributed by atoms with E-state index in [1.807, 2.05) is 5.32 Å². The van der Waals surface area contributed by atoms with Crippen molar-refractivity contribution in [2.75, 3.05) is 6.61 Å². The van der Waals surface area contributed by atoms with Gasteiger partial charge in [-0.15, -0.1) is 0 Å². The van der Waals surface area contributed by atoms with Crippen molar-refractivity contribution in [3.63, 3.8) is 0 Å². The van der Waals surface area contributed by atoms with E-state index in [0.717, 1.165) is 0 Å². The molecule has 0 aliphatic rings. The third-order valence-corrected chi connectivity index (χ3v) is 2.19. The maximum atomic E-state index is 11.7. The van der Waals surface area contributed by atoms with E-state index in [1.165, 1.54) is 24.3 Å². The van der Waals surface area contributed by atoms with E-state index < -0.39 is 30.5 Å². The van der Waals surface area contributed by atoms with Crippen molar-refractivity contribution in [3.05, 3.63) is 35.4 Å². The molecule has 7 nitrogen and oxygen atoms in total. The van der Waals surface area contributed by atoms with Gasteiger partial charge in [0, 0.05) is 0 Å². The van der Waals surface area contributed by atoms with Crippen molar-refractivity contribution in [3.8, 4) is 0 Å². The van der Waals surface area contributed by atoms with E-state index >= 15 is 0 Å². The summed E-state index contributed by atoms with van der Waals surface area (Å²) in [6, 6.07) is 3.91. The number of hydrogen-bond acceptors (Lipinski definition) is 4. The Kier molecular flexibility index (Phi) is 4.39. The van der Waals surface area contributed by atoms with Crippen molar-refractivity contribution < 1.29 is 29.7 Å². The van der Waals surface area contributed by atoms with E-state index in [2.05, 4.69) is 0 Å². The number of rotatable bonds is 5. The zero-order chi connectivity index (χ0) is 13.7. The fourth-order valence-corrected chi connectivity index (χ4v) is 1.29. The van der Waals surface area contributed by atoms with Crippen LogP contribution in [0.1, 0.15) is 20.7 Å². The highest BCUT2D eigenvalue weighted by atomic mass is 16.4. The predicted molar refractivity (Wildman–Crippen MR) is 59.4 cm³/mol. The maximum Gasteiger partial charge on any atom is 0.336 e. The lowest BCUT2D eigenvalue weighted by molar-refractivity contribution is -0.140. The van der Waals surface area contributed by atoms with Crippen LogP contribution in [0.15, 0.2) is 24.3 Å². The molecule has 0 aliphatic carbocycles. The zero-order valence-corrected chi connectivity index (χ0v) is 9.16. The lowest BCUT2D eigenvalue weighted by atomic mass is 10.1. The summed E-state index contributed by atoms with van der Waals surface area (Å²) in [4.78, 5) is 33.2. The van der Waals surface area contributed by atoms with Crippen molar-refractivity contribution in [2.24, 2.45) is 0 Å². The lowest BCUT2D eigenvalue weighted by Gasteiger charge is -2.12. The molecule has 0 fully saturated rings. The van der Waals surface area contributed by atoms with Gasteiger partial charge < -0.3 is 20.6 Å². The molecule has 7 heteroatoms. The van der Waals surface area contributed by atoms with Crippen LogP contribution in [0.5, 0.6) is 0 Å². The number of carbonyl (C=O) groups excluding carboxylic acids is 1. The number of amides is 1. The minimum Gasteiger partial charge on any atom is -0.480 e. The molecule has 1 rings (SSSR count). The van der Waals surface area contributed by atoms with Crippen molar-refractivity contribution in [1.29, 1.82) is 0 Å². The molecule has 0 bridgehead atoms. The molecule has 0 radical (unpaired) electrons. The SMILES string of the molecule is O=C(O)c1ccccc1C(=O)N[C@@H](CO)C(=O)O. The van der Waals surface area contributed by atoms with Gasteiger partial charge in [-0.05, 0) is 12.1 Å². The van der Waals surface area contributed by atoms with E-state index in [4.69, 9.17) is 15.3 Å². The number of benzene rings is 1. The summed E-state index contributed by atoms with van der Waals surface area (Å²) >= 11 is 0. The highest BCUT2D eigenvalue weighted by molar-refractivity contribution is 6.05. The highest BCUT2D eigenvalue weighted by Gasteiger charge is 2.22. The van der Waals surface area contributed by atoms with Gasteiger partial charge in [0.15, 0.2) is 6.04 Å². The minimum absolute atomic E-state index is 0.162. The van der Waals surface area contributed by atoms with Gasteiger partial charge in [0.2, 0.25) is 0 Å². The zero-order valence-electron chi connectivity index (χ0n) is 9.16. The van der Waals surface area contributed by atoms with Crippen molar-refractivity contribution >= 4 is 17.8 Å². The molecule has 1 atom stereocenters. The number of aromatic carboxylic acids is 1. The van der Waals surface area contributed by atoms with Gasteiger partial charge >= 0.3 is 11.9 Å². The van der Waals surface area contributed by atoms with Crippen LogP contribution in [-0.4, -0.2) is 45.8 Å². The monoisotopic (exact) mass is 253 g/mol. The first kappa shape index (κ1) is 13.7. The summed E-state index contributed by atoms with van der Waals surface area (Å²) in [5.41, 5.74) is -0.401. The number of carboxylic acid groups (broad SMARTS) is 2. The maximum absolute atomic E-state index is 11.7. The third kappa shape index (κ3) is 3.05. The van der Waals surface area contributed by atoms with Crippen LogP contribution in [0.2, 0.25) is 0 Å². The molecular weight excluding hydrogens is 242 g/mol. The number of carbonyl (C=O) groups is 3. The van der Waals surface area contributed by atoms with Crippen molar-refractivity contribution in [2.45, 2.75) is 6.04 Å². The Labute approximate surface area is 102 Å². The molecule has 1 aromatic rings. The van der Waals surface area contributed by atoms with E-state index in [0.29, 0.717) is 0 Å². The normalized spacial score (nSPS) is 11.6. The van der Waals surface area contributed by atoms with Crippen LogP contribution < -0.4 is 5.32 Å². The summed E-state index contributed by atoms with van der Waals surface area (Å²) in [5, 5.41) is 28.3. The minimum atomic E-state index is -1.47. The van der Waals surface area contributed by atoms with Crippen LogP contribution in [-0.2, 0) is 4.79 Å². The molecule has 96 valence electrons. The van der Waals surface area contributed by atoms with Crippen molar-refractivity contribution in [1.82, 2.24) is 5.32 Å². The van der Waals surface area contributed by atoms with Gasteiger partial charge in [-0.2, -0.15) is 0 Å². The Morgan fingerprint density at radius 1 is 1.11 bits per heavy atom. The molecule has 1 aromatic carbocycles. The Balaban J connectivity index is 2.97. The second-order valence-corrected chi connectivity index (χ2v) is 3.40. The Bertz CT molecular complexity index is 484. The number of hydrogen-bond donors (Lipinski definition) is 4. The molecule has 18 heavy (non-hydrogen) atoms. The first-order valence-electron chi connectivity index (χ1n) is 4.94. The smallest absolute Gasteiger partial charge is 0.336 e. The van der Waals surface area contributed by atoms with Crippen LogP contribution in [0.4, 0.5) is 0 Å². The van der Waals surface area contributed by atoms with Gasteiger partial charge in [0.05, 0.1) is 17.7 Å². The largest absolute Gasteiger partial charge is 0.480 e. The van der Waals surface area contributed by atoms with Crippen LogP contribution in [0, 0.1) is 0 Å².